The lowest BCUT2D eigenvalue weighted by molar-refractivity contribution is 0.229. The molecule has 0 radical (unpaired) electrons. The van der Waals surface area contributed by atoms with Gasteiger partial charge in [0.25, 0.3) is 5.89 Å². The summed E-state index contributed by atoms with van der Waals surface area (Å²) >= 11 is 6.28. The smallest absolute Gasteiger partial charge is 0.250 e. The van der Waals surface area contributed by atoms with Crippen LogP contribution in [0.4, 0.5) is 0 Å². The lowest BCUT2D eigenvalue weighted by atomic mass is 9.77. The average molecular weight is 384 g/mol. The molecule has 0 aliphatic heterocycles. The van der Waals surface area contributed by atoms with Crippen molar-refractivity contribution < 1.29 is 4.52 Å². The third-order valence-corrected chi connectivity index (χ3v) is 5.61. The average Bonchev–Trinajstić information content (AvgIpc) is 3.19. The molecule has 2 heterocycles. The van der Waals surface area contributed by atoms with Gasteiger partial charge in [0.15, 0.2) is 5.82 Å². The summed E-state index contributed by atoms with van der Waals surface area (Å²) in [7, 11) is 0. The van der Waals surface area contributed by atoms with E-state index in [1.807, 2.05) is 54.9 Å². The molecular formula is C20H22ClN5O. The van der Waals surface area contributed by atoms with Gasteiger partial charge in [-0.15, -0.1) is 0 Å². The first kappa shape index (κ1) is 17.9. The lowest BCUT2D eigenvalue weighted by Gasteiger charge is -2.34. The predicted molar refractivity (Wildman–Crippen MR) is 105 cm³/mol. The number of aromatic nitrogens is 4. The third-order valence-electron chi connectivity index (χ3n) is 5.24. The molecule has 6 nitrogen and oxygen atoms in total. The Morgan fingerprint density at radius 2 is 2.04 bits per heavy atom. The second-order valence-electron chi connectivity index (χ2n) is 7.13. The van der Waals surface area contributed by atoms with Gasteiger partial charge in [-0.1, -0.05) is 35.0 Å². The molecule has 27 heavy (non-hydrogen) atoms. The largest absolute Gasteiger partial charge is 0.335 e. The molecule has 1 aliphatic rings. The third kappa shape index (κ3) is 3.42. The van der Waals surface area contributed by atoms with Crippen LogP contribution in [0.1, 0.15) is 53.5 Å². The highest BCUT2D eigenvalue weighted by Crippen LogP contribution is 2.37. The number of aryl methyl sites for hydroxylation is 1. The summed E-state index contributed by atoms with van der Waals surface area (Å²) in [5, 5.41) is 9.43. The first-order valence-corrected chi connectivity index (χ1v) is 9.43. The van der Waals surface area contributed by atoms with Gasteiger partial charge in [0.05, 0.1) is 17.8 Å². The van der Waals surface area contributed by atoms with Crippen molar-refractivity contribution in [2.24, 2.45) is 5.73 Å². The van der Waals surface area contributed by atoms with Crippen LogP contribution in [0, 0.1) is 13.8 Å². The molecule has 0 atom stereocenters. The van der Waals surface area contributed by atoms with Gasteiger partial charge in [-0.2, -0.15) is 10.1 Å². The summed E-state index contributed by atoms with van der Waals surface area (Å²) in [6, 6.07) is 7.81. The number of hydrogen-bond donors (Lipinski definition) is 1. The minimum absolute atomic E-state index is 0.415. The number of rotatable bonds is 5. The van der Waals surface area contributed by atoms with Crippen molar-refractivity contribution >= 4 is 23.8 Å². The van der Waals surface area contributed by atoms with Gasteiger partial charge in [-0.3, -0.25) is 4.68 Å². The fraction of sp³-hybridized carbons (Fsp3) is 0.350. The topological polar surface area (TPSA) is 82.8 Å². The van der Waals surface area contributed by atoms with E-state index < -0.39 is 5.54 Å². The van der Waals surface area contributed by atoms with Crippen LogP contribution in [0.5, 0.6) is 0 Å². The fourth-order valence-corrected chi connectivity index (χ4v) is 3.53. The van der Waals surface area contributed by atoms with E-state index in [9.17, 15) is 0 Å². The Labute approximate surface area is 163 Å². The van der Waals surface area contributed by atoms with Crippen molar-refractivity contribution in [1.82, 2.24) is 19.9 Å². The summed E-state index contributed by atoms with van der Waals surface area (Å²) in [4.78, 5) is 4.43. The maximum absolute atomic E-state index is 6.28. The molecule has 2 N–H and O–H groups in total. The van der Waals surface area contributed by atoms with Crippen LogP contribution in [0.2, 0.25) is 5.02 Å². The first-order valence-electron chi connectivity index (χ1n) is 9.05. The Morgan fingerprint density at radius 1 is 1.26 bits per heavy atom. The van der Waals surface area contributed by atoms with Gasteiger partial charge in [0, 0.05) is 22.4 Å². The summed E-state index contributed by atoms with van der Waals surface area (Å²) in [6.07, 6.45) is 6.70. The zero-order valence-corrected chi connectivity index (χ0v) is 16.2. The van der Waals surface area contributed by atoms with Crippen LogP contribution < -0.4 is 5.73 Å². The monoisotopic (exact) mass is 383 g/mol. The SMILES string of the molecule is Cc1nn(Cc2ccccc2Cl)c(C)c1/C=C/c1nc(C2(N)CCC2)no1. The van der Waals surface area contributed by atoms with Gasteiger partial charge in [-0.05, 0) is 50.8 Å². The van der Waals surface area contributed by atoms with Crippen LogP contribution in [0.25, 0.3) is 12.2 Å². The van der Waals surface area contributed by atoms with Crippen LogP contribution in [0.3, 0.4) is 0 Å². The molecule has 7 heteroatoms. The van der Waals surface area contributed by atoms with Gasteiger partial charge in [0.2, 0.25) is 0 Å². The maximum atomic E-state index is 6.28. The van der Waals surface area contributed by atoms with E-state index in [-0.39, 0.29) is 0 Å². The zero-order chi connectivity index (χ0) is 19.0. The molecule has 4 rings (SSSR count). The number of nitrogens with zero attached hydrogens (tertiary/aromatic N) is 4. The highest BCUT2D eigenvalue weighted by Gasteiger charge is 2.38. The summed E-state index contributed by atoms with van der Waals surface area (Å²) in [5.41, 5.74) is 9.89. The normalized spacial score (nSPS) is 16.0. The van der Waals surface area contributed by atoms with Crippen molar-refractivity contribution in [3.05, 3.63) is 63.5 Å². The Bertz CT molecular complexity index is 1000. The second-order valence-corrected chi connectivity index (χ2v) is 7.54. The molecule has 2 aromatic heterocycles. The van der Waals surface area contributed by atoms with Crippen molar-refractivity contribution in [1.29, 1.82) is 0 Å². The van der Waals surface area contributed by atoms with Gasteiger partial charge in [0.1, 0.15) is 0 Å². The number of benzene rings is 1. The van der Waals surface area contributed by atoms with Crippen LogP contribution in [0.15, 0.2) is 28.8 Å². The van der Waals surface area contributed by atoms with E-state index >= 15 is 0 Å². The van der Waals surface area contributed by atoms with E-state index in [1.54, 1.807) is 0 Å². The van der Waals surface area contributed by atoms with Crippen LogP contribution >= 0.6 is 11.6 Å². The summed E-state index contributed by atoms with van der Waals surface area (Å²) in [6.45, 7) is 4.65. The zero-order valence-electron chi connectivity index (χ0n) is 15.4. The molecule has 0 bridgehead atoms. The molecule has 1 aliphatic carbocycles. The van der Waals surface area contributed by atoms with Crippen molar-refractivity contribution in [2.75, 3.05) is 0 Å². The fourth-order valence-electron chi connectivity index (χ4n) is 3.33. The number of hydrogen-bond acceptors (Lipinski definition) is 5. The van der Waals surface area contributed by atoms with Gasteiger partial charge in [-0.25, -0.2) is 0 Å². The van der Waals surface area contributed by atoms with E-state index in [2.05, 4.69) is 15.2 Å². The molecule has 1 saturated carbocycles. The molecule has 0 saturated heterocycles. The molecule has 3 aromatic rings. The highest BCUT2D eigenvalue weighted by molar-refractivity contribution is 6.31. The Balaban J connectivity index is 1.55. The summed E-state index contributed by atoms with van der Waals surface area (Å²) in [5.74, 6) is 1.05. The number of halogens is 1. The van der Waals surface area contributed by atoms with Crippen LogP contribution in [-0.2, 0) is 12.1 Å². The minimum atomic E-state index is -0.415. The van der Waals surface area contributed by atoms with Crippen molar-refractivity contribution in [3.63, 3.8) is 0 Å². The van der Waals surface area contributed by atoms with E-state index in [0.29, 0.717) is 18.3 Å². The lowest BCUT2D eigenvalue weighted by Crippen LogP contribution is -2.44. The predicted octanol–water partition coefficient (Wildman–Crippen LogP) is 4.09. The van der Waals surface area contributed by atoms with Crippen LogP contribution in [-0.4, -0.2) is 19.9 Å². The Morgan fingerprint density at radius 3 is 2.74 bits per heavy atom. The molecule has 0 amide bonds. The van der Waals surface area contributed by atoms with Gasteiger partial charge < -0.3 is 10.3 Å². The molecule has 1 fully saturated rings. The number of nitrogens with two attached hydrogens (primary N) is 1. The molecule has 140 valence electrons. The molecule has 0 unspecified atom stereocenters. The van der Waals surface area contributed by atoms with E-state index in [4.69, 9.17) is 21.9 Å². The molecular weight excluding hydrogens is 362 g/mol. The van der Waals surface area contributed by atoms with E-state index in [1.165, 1.54) is 0 Å². The highest BCUT2D eigenvalue weighted by atomic mass is 35.5. The quantitative estimate of drug-likeness (QED) is 0.717. The first-order chi connectivity index (χ1) is 13.0. The Kier molecular flexibility index (Phi) is 4.61. The van der Waals surface area contributed by atoms with Crippen molar-refractivity contribution in [2.45, 2.75) is 45.2 Å². The minimum Gasteiger partial charge on any atom is -0.335 e. The second kappa shape index (κ2) is 6.94. The maximum Gasteiger partial charge on any atom is 0.250 e. The molecule has 0 spiro atoms. The van der Waals surface area contributed by atoms with Gasteiger partial charge >= 0.3 is 0 Å². The van der Waals surface area contributed by atoms with E-state index in [0.717, 1.165) is 46.8 Å². The van der Waals surface area contributed by atoms with Crippen molar-refractivity contribution in [3.8, 4) is 0 Å². The molecule has 1 aromatic carbocycles. The Hall–Kier alpha value is -2.44. The standard InChI is InChI=1S/C20H22ClN5O/c1-13-16(8-9-18-23-19(25-27-18)20(22)10-5-11-20)14(2)26(24-13)12-15-6-3-4-7-17(15)21/h3-4,6-9H,5,10-12,22H2,1-2H3/b9-8+. The summed E-state index contributed by atoms with van der Waals surface area (Å²) < 4.78 is 7.29.